The first-order valence-corrected chi connectivity index (χ1v) is 7.69. The smallest absolute Gasteiger partial charge is 0.308 e. The predicted octanol–water partition coefficient (Wildman–Crippen LogP) is 4.08. The van der Waals surface area contributed by atoms with Crippen LogP contribution >= 0.6 is 0 Å². The Labute approximate surface area is 137 Å². The van der Waals surface area contributed by atoms with Crippen LogP contribution in [0, 0.1) is 0 Å². The summed E-state index contributed by atoms with van der Waals surface area (Å²) in [7, 11) is 0. The van der Waals surface area contributed by atoms with Gasteiger partial charge < -0.3 is 14.2 Å². The monoisotopic (exact) mass is 314 g/mol. The van der Waals surface area contributed by atoms with E-state index in [9.17, 15) is 4.79 Å². The molecule has 0 aliphatic carbocycles. The summed E-state index contributed by atoms with van der Waals surface area (Å²) in [5.41, 5.74) is 1.71. The van der Waals surface area contributed by atoms with Crippen LogP contribution in [-0.2, 0) is 9.53 Å². The first-order valence-electron chi connectivity index (χ1n) is 7.69. The Balaban J connectivity index is 2.21. The first-order chi connectivity index (χ1) is 11.1. The summed E-state index contributed by atoms with van der Waals surface area (Å²) in [5.74, 6) is 0.912. The Morgan fingerprint density at radius 1 is 0.913 bits per heavy atom. The van der Waals surface area contributed by atoms with Crippen LogP contribution in [0.4, 0.5) is 0 Å². The molecule has 0 spiro atoms. The van der Waals surface area contributed by atoms with E-state index in [1.807, 2.05) is 56.3 Å². The first kappa shape index (κ1) is 17.0. The maximum Gasteiger partial charge on any atom is 0.308 e. The molecular weight excluding hydrogens is 292 g/mol. The van der Waals surface area contributed by atoms with Gasteiger partial charge in [-0.3, -0.25) is 4.79 Å². The van der Waals surface area contributed by atoms with Crippen molar-refractivity contribution in [1.82, 2.24) is 0 Å². The average Bonchev–Trinajstić information content (AvgIpc) is 2.52. The molecule has 4 nitrogen and oxygen atoms in total. The second-order valence-corrected chi connectivity index (χ2v) is 5.35. The summed E-state index contributed by atoms with van der Waals surface area (Å²) in [6, 6.07) is 15.1. The van der Waals surface area contributed by atoms with Crippen molar-refractivity contribution >= 4 is 5.97 Å². The number of benzene rings is 2. The average molecular weight is 314 g/mol. The zero-order chi connectivity index (χ0) is 16.7. The number of hydrogen-bond acceptors (Lipinski definition) is 4. The van der Waals surface area contributed by atoms with E-state index in [1.165, 1.54) is 6.92 Å². The molecule has 0 bridgehead atoms. The van der Waals surface area contributed by atoms with Crippen LogP contribution in [0.5, 0.6) is 11.5 Å². The fourth-order valence-corrected chi connectivity index (χ4v) is 2.18. The van der Waals surface area contributed by atoms with Crippen molar-refractivity contribution in [2.75, 3.05) is 13.2 Å². The Hall–Kier alpha value is -2.33. The highest BCUT2D eigenvalue weighted by Crippen LogP contribution is 2.36. The normalized spacial score (nSPS) is 10.6. The number of para-hydroxylation sites is 2. The molecule has 0 aliphatic rings. The summed E-state index contributed by atoms with van der Waals surface area (Å²) in [4.78, 5) is 11.3. The highest BCUT2D eigenvalue weighted by molar-refractivity contribution is 5.79. The zero-order valence-corrected chi connectivity index (χ0v) is 13.7. The number of rotatable bonds is 7. The Bertz CT molecular complexity index is 649. The SMILES string of the molecule is CC(=O)Oc1ccccc1-c1ccccc1OCCOC(C)C. The molecule has 0 amide bonds. The van der Waals surface area contributed by atoms with Crippen molar-refractivity contribution in [3.05, 3.63) is 48.5 Å². The molecule has 0 aliphatic heterocycles. The molecule has 0 unspecified atom stereocenters. The molecule has 2 aromatic rings. The van der Waals surface area contributed by atoms with Gasteiger partial charge in [0.25, 0.3) is 0 Å². The maximum absolute atomic E-state index is 11.3. The standard InChI is InChI=1S/C19H22O4/c1-14(2)21-12-13-22-18-10-6-4-8-16(18)17-9-5-7-11-19(17)23-15(3)20/h4-11,14H,12-13H2,1-3H3. The molecule has 0 saturated carbocycles. The second kappa shape index (κ2) is 8.34. The minimum atomic E-state index is -0.346. The lowest BCUT2D eigenvalue weighted by molar-refractivity contribution is -0.131. The molecule has 23 heavy (non-hydrogen) atoms. The van der Waals surface area contributed by atoms with Crippen molar-refractivity contribution in [2.24, 2.45) is 0 Å². The number of esters is 1. The highest BCUT2D eigenvalue weighted by Gasteiger charge is 2.12. The zero-order valence-electron chi connectivity index (χ0n) is 13.7. The molecular formula is C19H22O4. The van der Waals surface area contributed by atoms with E-state index in [4.69, 9.17) is 14.2 Å². The Morgan fingerprint density at radius 2 is 1.48 bits per heavy atom. The summed E-state index contributed by atoms with van der Waals surface area (Å²) < 4.78 is 16.6. The lowest BCUT2D eigenvalue weighted by atomic mass is 10.0. The van der Waals surface area contributed by atoms with Gasteiger partial charge >= 0.3 is 5.97 Å². The van der Waals surface area contributed by atoms with Gasteiger partial charge in [0.2, 0.25) is 0 Å². The van der Waals surface area contributed by atoms with Gasteiger partial charge in [0.05, 0.1) is 12.7 Å². The minimum Gasteiger partial charge on any atom is -0.491 e. The molecule has 2 rings (SSSR count). The topological polar surface area (TPSA) is 44.8 Å². The van der Waals surface area contributed by atoms with E-state index in [0.717, 1.165) is 16.9 Å². The van der Waals surface area contributed by atoms with Crippen LogP contribution in [0.2, 0.25) is 0 Å². The molecule has 0 fully saturated rings. The second-order valence-electron chi connectivity index (χ2n) is 5.35. The van der Waals surface area contributed by atoms with Crippen molar-refractivity contribution in [1.29, 1.82) is 0 Å². The number of carbonyl (C=O) groups is 1. The molecule has 122 valence electrons. The molecule has 0 N–H and O–H groups in total. The number of carbonyl (C=O) groups excluding carboxylic acids is 1. The molecule has 4 heteroatoms. The van der Waals surface area contributed by atoms with Gasteiger partial charge in [-0.2, -0.15) is 0 Å². The van der Waals surface area contributed by atoms with E-state index in [0.29, 0.717) is 19.0 Å². The molecule has 0 heterocycles. The van der Waals surface area contributed by atoms with E-state index in [2.05, 4.69) is 0 Å². The summed E-state index contributed by atoms with van der Waals surface area (Å²) >= 11 is 0. The molecule has 2 aromatic carbocycles. The van der Waals surface area contributed by atoms with E-state index in [-0.39, 0.29) is 12.1 Å². The molecule has 0 aromatic heterocycles. The third-order valence-electron chi connectivity index (χ3n) is 3.11. The Morgan fingerprint density at radius 3 is 2.09 bits per heavy atom. The van der Waals surface area contributed by atoms with Crippen molar-refractivity contribution in [3.8, 4) is 22.6 Å². The van der Waals surface area contributed by atoms with Gasteiger partial charge in [-0.15, -0.1) is 0 Å². The minimum absolute atomic E-state index is 0.179. The quantitative estimate of drug-likeness (QED) is 0.439. The van der Waals surface area contributed by atoms with Gasteiger partial charge in [-0.1, -0.05) is 36.4 Å². The fraction of sp³-hybridized carbons (Fsp3) is 0.316. The van der Waals surface area contributed by atoms with Crippen LogP contribution in [0.3, 0.4) is 0 Å². The van der Waals surface area contributed by atoms with E-state index >= 15 is 0 Å². The van der Waals surface area contributed by atoms with Crippen LogP contribution in [-0.4, -0.2) is 25.3 Å². The molecule has 0 atom stereocenters. The lowest BCUT2D eigenvalue weighted by Gasteiger charge is -2.15. The van der Waals surface area contributed by atoms with Gasteiger partial charge in [0, 0.05) is 18.1 Å². The summed E-state index contributed by atoms with van der Waals surface area (Å²) in [5, 5.41) is 0. The van der Waals surface area contributed by atoms with Crippen molar-refractivity contribution < 1.29 is 19.0 Å². The van der Waals surface area contributed by atoms with Crippen molar-refractivity contribution in [2.45, 2.75) is 26.9 Å². The van der Waals surface area contributed by atoms with Gasteiger partial charge in [-0.05, 0) is 26.0 Å². The molecule has 0 saturated heterocycles. The fourth-order valence-electron chi connectivity index (χ4n) is 2.18. The van der Waals surface area contributed by atoms with Gasteiger partial charge in [-0.25, -0.2) is 0 Å². The van der Waals surface area contributed by atoms with E-state index in [1.54, 1.807) is 6.07 Å². The van der Waals surface area contributed by atoms with Crippen LogP contribution in [0.25, 0.3) is 11.1 Å². The number of ether oxygens (including phenoxy) is 3. The number of hydrogen-bond donors (Lipinski definition) is 0. The Kier molecular flexibility index (Phi) is 6.18. The van der Waals surface area contributed by atoms with Crippen molar-refractivity contribution in [3.63, 3.8) is 0 Å². The maximum atomic E-state index is 11.3. The van der Waals surface area contributed by atoms with Crippen LogP contribution in [0.1, 0.15) is 20.8 Å². The molecule has 0 radical (unpaired) electrons. The lowest BCUT2D eigenvalue weighted by Crippen LogP contribution is -2.11. The third kappa shape index (κ3) is 5.11. The van der Waals surface area contributed by atoms with Crippen LogP contribution in [0.15, 0.2) is 48.5 Å². The van der Waals surface area contributed by atoms with E-state index < -0.39 is 0 Å². The van der Waals surface area contributed by atoms with Crippen LogP contribution < -0.4 is 9.47 Å². The third-order valence-corrected chi connectivity index (χ3v) is 3.11. The predicted molar refractivity (Wildman–Crippen MR) is 89.8 cm³/mol. The van der Waals surface area contributed by atoms with Gasteiger partial charge in [0.15, 0.2) is 0 Å². The summed E-state index contributed by atoms with van der Waals surface area (Å²) in [6.45, 7) is 6.36. The van der Waals surface area contributed by atoms with Gasteiger partial charge in [0.1, 0.15) is 18.1 Å². The largest absolute Gasteiger partial charge is 0.491 e. The highest BCUT2D eigenvalue weighted by atomic mass is 16.5. The summed E-state index contributed by atoms with van der Waals surface area (Å²) in [6.07, 6.45) is 0.179.